The van der Waals surface area contributed by atoms with Crippen LogP contribution in [0.1, 0.15) is 79.1 Å². The number of nitrogens with zero attached hydrogens (tertiary/aromatic N) is 2. The molecule has 1 N–H and O–H groups in total. The van der Waals surface area contributed by atoms with Gasteiger partial charge >= 0.3 is 5.97 Å². The molecule has 0 aromatic carbocycles. The smallest absolute Gasteiger partial charge is 0.303 e. The maximum atomic E-state index is 11.8. The fourth-order valence-corrected chi connectivity index (χ4v) is 7.43. The monoisotopic (exact) mass is 460 g/mol. The quantitative estimate of drug-likeness (QED) is 0.467. The number of hydrogen-bond acceptors (Lipinski definition) is 5. The van der Waals surface area contributed by atoms with Gasteiger partial charge in [-0.1, -0.05) is 39.2 Å². The van der Waals surface area contributed by atoms with Crippen molar-refractivity contribution in [3.05, 3.63) is 11.6 Å². The SMILES string of the molecule is CC(=O)O[C@@H]1C[C@@]2(O)[C@H](C)CC[C@@H](C(C)CN3CCN(CC4CCCCC4)CC3)[C@H]2C=C1C. The van der Waals surface area contributed by atoms with Crippen molar-refractivity contribution in [2.24, 2.45) is 29.6 Å². The van der Waals surface area contributed by atoms with Crippen molar-refractivity contribution in [3.8, 4) is 0 Å². The van der Waals surface area contributed by atoms with Crippen LogP contribution < -0.4 is 0 Å². The van der Waals surface area contributed by atoms with Crippen LogP contribution in [0.4, 0.5) is 0 Å². The Balaban J connectivity index is 1.34. The normalized spacial score (nSPS) is 37.8. The summed E-state index contributed by atoms with van der Waals surface area (Å²) >= 11 is 0. The molecule has 2 saturated carbocycles. The highest BCUT2D eigenvalue weighted by molar-refractivity contribution is 5.66. The number of carbonyl (C=O) groups is 1. The molecule has 4 rings (SSSR count). The Morgan fingerprint density at radius 3 is 2.45 bits per heavy atom. The zero-order valence-electron chi connectivity index (χ0n) is 21.6. The number of rotatable bonds is 6. The van der Waals surface area contributed by atoms with Crippen LogP contribution in [0.2, 0.25) is 0 Å². The van der Waals surface area contributed by atoms with Gasteiger partial charge in [-0.05, 0) is 61.9 Å². The number of piperazine rings is 1. The molecule has 1 aliphatic heterocycles. The number of carbonyl (C=O) groups excluding carboxylic acids is 1. The minimum atomic E-state index is -0.768. The van der Waals surface area contributed by atoms with Crippen molar-refractivity contribution in [3.63, 3.8) is 0 Å². The van der Waals surface area contributed by atoms with E-state index < -0.39 is 5.60 Å². The predicted molar refractivity (Wildman–Crippen MR) is 133 cm³/mol. The molecular formula is C28H48N2O3. The first-order valence-corrected chi connectivity index (χ1v) is 13.8. The maximum absolute atomic E-state index is 11.8. The third-order valence-electron chi connectivity index (χ3n) is 9.58. The second-order valence-corrected chi connectivity index (χ2v) is 12.0. The Morgan fingerprint density at radius 1 is 1.12 bits per heavy atom. The van der Waals surface area contributed by atoms with Gasteiger partial charge in [0.1, 0.15) is 6.10 Å². The molecule has 0 aromatic rings. The molecule has 33 heavy (non-hydrogen) atoms. The highest BCUT2D eigenvalue weighted by Crippen LogP contribution is 2.51. The lowest BCUT2D eigenvalue weighted by atomic mass is 9.57. The second kappa shape index (κ2) is 10.8. The molecule has 0 bridgehead atoms. The lowest BCUT2D eigenvalue weighted by Crippen LogP contribution is -2.56. The fraction of sp³-hybridized carbons (Fsp3) is 0.893. The van der Waals surface area contributed by atoms with Gasteiger partial charge in [-0.15, -0.1) is 0 Å². The third-order valence-corrected chi connectivity index (χ3v) is 9.58. The van der Waals surface area contributed by atoms with E-state index in [1.165, 1.54) is 78.2 Å². The molecule has 4 aliphatic rings. The summed E-state index contributed by atoms with van der Waals surface area (Å²) in [7, 11) is 0. The number of aliphatic hydroxyl groups is 1. The molecule has 1 unspecified atom stereocenters. The largest absolute Gasteiger partial charge is 0.458 e. The van der Waals surface area contributed by atoms with E-state index in [1.54, 1.807) is 0 Å². The second-order valence-electron chi connectivity index (χ2n) is 12.0. The van der Waals surface area contributed by atoms with Gasteiger partial charge in [0.2, 0.25) is 0 Å². The third kappa shape index (κ3) is 5.85. The minimum absolute atomic E-state index is 0.163. The van der Waals surface area contributed by atoms with E-state index in [0.29, 0.717) is 18.3 Å². The zero-order chi connectivity index (χ0) is 23.6. The average molecular weight is 461 g/mol. The van der Waals surface area contributed by atoms with E-state index in [-0.39, 0.29) is 23.9 Å². The lowest BCUT2D eigenvalue weighted by Gasteiger charge is -2.53. The van der Waals surface area contributed by atoms with Crippen molar-refractivity contribution in [2.45, 2.75) is 90.8 Å². The van der Waals surface area contributed by atoms with E-state index >= 15 is 0 Å². The first-order chi connectivity index (χ1) is 15.8. The Morgan fingerprint density at radius 2 is 1.79 bits per heavy atom. The van der Waals surface area contributed by atoms with Gasteiger partial charge in [-0.3, -0.25) is 4.79 Å². The van der Waals surface area contributed by atoms with Gasteiger partial charge in [0, 0.05) is 58.5 Å². The number of hydrogen-bond donors (Lipinski definition) is 1. The van der Waals surface area contributed by atoms with Crippen molar-refractivity contribution in [1.29, 1.82) is 0 Å². The van der Waals surface area contributed by atoms with E-state index in [2.05, 4.69) is 36.6 Å². The first-order valence-electron chi connectivity index (χ1n) is 13.8. The average Bonchev–Trinajstić information content (AvgIpc) is 2.78. The van der Waals surface area contributed by atoms with Crippen LogP contribution in [0.15, 0.2) is 11.6 Å². The van der Waals surface area contributed by atoms with Gasteiger partial charge in [0.25, 0.3) is 0 Å². The molecule has 6 atom stereocenters. The summed E-state index contributed by atoms with van der Waals surface area (Å²) in [5.41, 5.74) is 0.345. The molecule has 1 heterocycles. The maximum Gasteiger partial charge on any atom is 0.303 e. The fourth-order valence-electron chi connectivity index (χ4n) is 7.43. The summed E-state index contributed by atoms with van der Waals surface area (Å²) < 4.78 is 5.57. The van der Waals surface area contributed by atoms with Gasteiger partial charge < -0.3 is 19.6 Å². The number of ether oxygens (including phenoxy) is 1. The molecule has 0 amide bonds. The van der Waals surface area contributed by atoms with Crippen molar-refractivity contribution < 1.29 is 14.6 Å². The topological polar surface area (TPSA) is 53.0 Å². The van der Waals surface area contributed by atoms with E-state index in [4.69, 9.17) is 4.74 Å². The molecule has 0 radical (unpaired) electrons. The predicted octanol–water partition coefficient (Wildman–Crippen LogP) is 4.50. The summed E-state index contributed by atoms with van der Waals surface area (Å²) in [6.45, 7) is 15.3. The Hall–Kier alpha value is -0.910. The van der Waals surface area contributed by atoms with Crippen molar-refractivity contribution >= 4 is 5.97 Å². The molecule has 0 spiro atoms. The van der Waals surface area contributed by atoms with Crippen LogP contribution in [-0.4, -0.2) is 71.8 Å². The van der Waals surface area contributed by atoms with Gasteiger partial charge in [0.05, 0.1) is 5.60 Å². The Labute approximate surface area is 201 Å². The Kier molecular flexibility index (Phi) is 8.23. The van der Waals surface area contributed by atoms with Crippen LogP contribution in [0.25, 0.3) is 0 Å². The molecular weight excluding hydrogens is 412 g/mol. The van der Waals surface area contributed by atoms with Gasteiger partial charge in [0.15, 0.2) is 0 Å². The molecule has 3 fully saturated rings. The van der Waals surface area contributed by atoms with Crippen LogP contribution in [-0.2, 0) is 9.53 Å². The molecule has 5 heteroatoms. The van der Waals surface area contributed by atoms with E-state index in [9.17, 15) is 9.90 Å². The summed E-state index contributed by atoms with van der Waals surface area (Å²) in [5, 5.41) is 11.8. The van der Waals surface area contributed by atoms with Crippen LogP contribution in [0.5, 0.6) is 0 Å². The van der Waals surface area contributed by atoms with E-state index in [0.717, 1.165) is 24.5 Å². The van der Waals surface area contributed by atoms with Crippen molar-refractivity contribution in [2.75, 3.05) is 39.3 Å². The lowest BCUT2D eigenvalue weighted by molar-refractivity contribution is -0.159. The highest BCUT2D eigenvalue weighted by atomic mass is 16.5. The van der Waals surface area contributed by atoms with Gasteiger partial charge in [-0.2, -0.15) is 0 Å². The van der Waals surface area contributed by atoms with E-state index in [1.807, 2.05) is 0 Å². The summed E-state index contributed by atoms with van der Waals surface area (Å²) in [4.78, 5) is 17.0. The summed E-state index contributed by atoms with van der Waals surface area (Å²) in [5.74, 6) is 2.11. The molecule has 5 nitrogen and oxygen atoms in total. The minimum Gasteiger partial charge on any atom is -0.458 e. The zero-order valence-corrected chi connectivity index (χ0v) is 21.6. The Bertz CT molecular complexity index is 695. The molecule has 188 valence electrons. The highest BCUT2D eigenvalue weighted by Gasteiger charge is 2.52. The van der Waals surface area contributed by atoms with Gasteiger partial charge in [-0.25, -0.2) is 0 Å². The molecule has 0 aromatic heterocycles. The number of esters is 1. The van der Waals surface area contributed by atoms with Crippen LogP contribution >= 0.6 is 0 Å². The van der Waals surface area contributed by atoms with Crippen LogP contribution in [0, 0.1) is 29.6 Å². The first kappa shape index (κ1) is 25.2. The van der Waals surface area contributed by atoms with Crippen LogP contribution in [0.3, 0.4) is 0 Å². The number of fused-ring (bicyclic) bond motifs is 1. The summed E-state index contributed by atoms with van der Waals surface area (Å²) in [6.07, 6.45) is 11.9. The molecule has 1 saturated heterocycles. The molecule has 3 aliphatic carbocycles. The standard InChI is InChI=1S/C28H48N2O3/c1-20-16-26-25(11-10-22(3)28(26,32)17-27(20)33-23(4)31)21(2)18-29-12-14-30(15-13-29)19-24-8-6-5-7-9-24/h16,21-22,24-27,32H,5-15,17-19H2,1-4H3/t21?,22-,25+,26-,27-,28-/m1/s1. The summed E-state index contributed by atoms with van der Waals surface area (Å²) in [6, 6.07) is 0. The van der Waals surface area contributed by atoms with Crippen molar-refractivity contribution in [1.82, 2.24) is 9.80 Å².